The first-order valence-corrected chi connectivity index (χ1v) is 11.7. The number of fused-ring (bicyclic) bond motifs is 1. The van der Waals surface area contributed by atoms with Crippen molar-refractivity contribution in [3.05, 3.63) is 58.8 Å². The van der Waals surface area contributed by atoms with Crippen molar-refractivity contribution in [3.8, 4) is 18.1 Å². The van der Waals surface area contributed by atoms with E-state index in [0.29, 0.717) is 45.6 Å². The highest BCUT2D eigenvalue weighted by Crippen LogP contribution is 2.35. The second-order valence-electron chi connectivity index (χ2n) is 8.48. The Morgan fingerprint density at radius 2 is 2.11 bits per heavy atom. The van der Waals surface area contributed by atoms with Gasteiger partial charge in [-0.05, 0) is 71.3 Å². The second kappa shape index (κ2) is 12.9. The minimum Gasteiger partial charge on any atom is -0.497 e. The first-order chi connectivity index (χ1) is 16.6. The maximum Gasteiger partial charge on any atom is 0.222 e. The number of ether oxygens (including phenoxy) is 1. The fourth-order valence-corrected chi connectivity index (χ4v) is 3.73. The molecule has 0 radical (unpaired) electrons. The van der Waals surface area contributed by atoms with Gasteiger partial charge >= 0.3 is 0 Å². The Labute approximate surface area is 213 Å². The largest absolute Gasteiger partial charge is 0.497 e. The van der Waals surface area contributed by atoms with Gasteiger partial charge < -0.3 is 19.9 Å². The smallest absolute Gasteiger partial charge is 0.222 e. The molecule has 1 amide bonds. The normalized spacial score (nSPS) is 16.3. The molecule has 1 aliphatic heterocycles. The number of carbonyl (C=O) groups is 1. The quantitative estimate of drug-likeness (QED) is 0.175. The fraction of sp³-hybridized carbons (Fsp3) is 0.370. The summed E-state index contributed by atoms with van der Waals surface area (Å²) in [5.74, 6) is 3.41. The van der Waals surface area contributed by atoms with E-state index in [1.165, 1.54) is 0 Å². The van der Waals surface area contributed by atoms with Gasteiger partial charge in [-0.2, -0.15) is 0 Å². The van der Waals surface area contributed by atoms with Crippen LogP contribution in [0.2, 0.25) is 0 Å². The summed E-state index contributed by atoms with van der Waals surface area (Å²) in [5, 5.41) is 12.0. The van der Waals surface area contributed by atoms with Crippen LogP contribution in [0.25, 0.3) is 0 Å². The van der Waals surface area contributed by atoms with Gasteiger partial charge in [0.15, 0.2) is 0 Å². The number of rotatable bonds is 9. The molecule has 7 nitrogen and oxygen atoms in total. The SMILES string of the molecule is C#C/C(=C\C=C(/C)Cl)C1=N[C@@H](CC(=O)NCCCN(C)C)C(=C)N(C(C)=N)c2ccc(OC)cc21. The fourth-order valence-electron chi connectivity index (χ4n) is 3.67. The molecule has 0 fully saturated rings. The molecule has 2 rings (SSSR count). The highest BCUT2D eigenvalue weighted by atomic mass is 35.5. The molecule has 1 aromatic rings. The zero-order valence-corrected chi connectivity index (χ0v) is 21.9. The number of terminal acetylenes is 1. The molecule has 1 heterocycles. The van der Waals surface area contributed by atoms with Crippen molar-refractivity contribution in [3.63, 3.8) is 0 Å². The molecule has 0 saturated heterocycles. The summed E-state index contributed by atoms with van der Waals surface area (Å²) in [5.41, 5.74) is 2.88. The summed E-state index contributed by atoms with van der Waals surface area (Å²) in [6.07, 6.45) is 10.2. The van der Waals surface area contributed by atoms with E-state index in [9.17, 15) is 4.79 Å². The van der Waals surface area contributed by atoms with Gasteiger partial charge in [0.05, 0.1) is 36.5 Å². The van der Waals surface area contributed by atoms with Crippen LogP contribution in [-0.4, -0.2) is 62.7 Å². The maximum absolute atomic E-state index is 12.8. The number of hydrogen-bond donors (Lipinski definition) is 2. The van der Waals surface area contributed by atoms with Gasteiger partial charge in [-0.3, -0.25) is 15.2 Å². The molecule has 1 aromatic carbocycles. The zero-order chi connectivity index (χ0) is 26.1. The van der Waals surface area contributed by atoms with E-state index < -0.39 is 6.04 Å². The number of nitrogens with zero attached hydrogens (tertiary/aromatic N) is 3. The standard InChI is InChI=1S/C27H34ClN5O2/c1-8-21(11-10-18(2)28)27-23-16-22(35-7)12-13-25(23)33(20(4)29)19(3)24(31-27)17-26(34)30-14-9-15-32(5)6/h1,10-13,16,24,29H,3,9,14-15,17H2,2,4-7H3,(H,30,34)/b18-10+,21-11+,29-20?/t24-/m0/s1. The number of nitrogens with one attached hydrogen (secondary N) is 2. The number of halogens is 1. The van der Waals surface area contributed by atoms with E-state index in [0.717, 1.165) is 13.0 Å². The van der Waals surface area contributed by atoms with Crippen LogP contribution in [0.15, 0.2) is 58.2 Å². The maximum atomic E-state index is 12.8. The van der Waals surface area contributed by atoms with Gasteiger partial charge in [0.2, 0.25) is 5.91 Å². The Balaban J connectivity index is 2.58. The first-order valence-electron chi connectivity index (χ1n) is 11.3. The molecule has 35 heavy (non-hydrogen) atoms. The lowest BCUT2D eigenvalue weighted by Gasteiger charge is -2.28. The lowest BCUT2D eigenvalue weighted by Crippen LogP contribution is -2.35. The molecule has 1 atom stereocenters. The van der Waals surface area contributed by atoms with E-state index in [4.69, 9.17) is 33.2 Å². The van der Waals surface area contributed by atoms with Gasteiger partial charge in [-0.1, -0.05) is 24.1 Å². The molecule has 8 heteroatoms. The average Bonchev–Trinajstić information content (AvgIpc) is 2.91. The van der Waals surface area contributed by atoms with Crippen molar-refractivity contribution in [1.82, 2.24) is 10.2 Å². The molecule has 2 N–H and O–H groups in total. The van der Waals surface area contributed by atoms with Gasteiger partial charge in [0, 0.05) is 22.8 Å². The number of carbonyl (C=O) groups excluding carboxylic acids is 1. The van der Waals surface area contributed by atoms with Crippen LogP contribution >= 0.6 is 11.6 Å². The monoisotopic (exact) mass is 495 g/mol. The lowest BCUT2D eigenvalue weighted by atomic mass is 9.99. The highest BCUT2D eigenvalue weighted by Gasteiger charge is 2.31. The number of allylic oxidation sites excluding steroid dienone is 4. The predicted octanol–water partition coefficient (Wildman–Crippen LogP) is 4.34. The third kappa shape index (κ3) is 7.57. The zero-order valence-electron chi connectivity index (χ0n) is 21.1. The molecular weight excluding hydrogens is 462 g/mol. The second-order valence-corrected chi connectivity index (χ2v) is 9.07. The summed E-state index contributed by atoms with van der Waals surface area (Å²) in [6.45, 7) is 9.08. The number of benzodiazepines with no additional fused rings is 1. The van der Waals surface area contributed by atoms with Crippen molar-refractivity contribution in [1.29, 1.82) is 5.41 Å². The van der Waals surface area contributed by atoms with E-state index in [1.54, 1.807) is 44.1 Å². The van der Waals surface area contributed by atoms with Crippen molar-refractivity contribution in [2.45, 2.75) is 32.7 Å². The minimum absolute atomic E-state index is 0.0709. The Kier molecular flexibility index (Phi) is 10.3. The Morgan fingerprint density at radius 1 is 1.40 bits per heavy atom. The topological polar surface area (TPSA) is 81.0 Å². The summed E-state index contributed by atoms with van der Waals surface area (Å²) in [6, 6.07) is 4.84. The predicted molar refractivity (Wildman–Crippen MR) is 146 cm³/mol. The van der Waals surface area contributed by atoms with E-state index in [-0.39, 0.29) is 18.2 Å². The molecule has 0 spiro atoms. The van der Waals surface area contributed by atoms with Crippen molar-refractivity contribution in [2.75, 3.05) is 39.2 Å². The van der Waals surface area contributed by atoms with Crippen LogP contribution in [0, 0.1) is 17.8 Å². The number of amides is 1. The van der Waals surface area contributed by atoms with Crippen LogP contribution in [0.4, 0.5) is 5.69 Å². The Hall–Kier alpha value is -3.34. The van der Waals surface area contributed by atoms with Gasteiger partial charge in [-0.15, -0.1) is 6.42 Å². The summed E-state index contributed by atoms with van der Waals surface area (Å²) >= 11 is 6.04. The lowest BCUT2D eigenvalue weighted by molar-refractivity contribution is -0.121. The summed E-state index contributed by atoms with van der Waals surface area (Å²) in [4.78, 5) is 21.5. The number of anilines is 1. The van der Waals surface area contributed by atoms with Crippen LogP contribution in [0.1, 0.15) is 32.3 Å². The van der Waals surface area contributed by atoms with Gasteiger partial charge in [0.1, 0.15) is 11.6 Å². The number of hydrogen-bond acceptors (Lipinski definition) is 5. The van der Waals surface area contributed by atoms with Crippen LogP contribution in [0.3, 0.4) is 0 Å². The molecule has 186 valence electrons. The van der Waals surface area contributed by atoms with Crippen molar-refractivity contribution in [2.24, 2.45) is 4.99 Å². The average molecular weight is 496 g/mol. The van der Waals surface area contributed by atoms with Gasteiger partial charge in [-0.25, -0.2) is 0 Å². The Morgan fingerprint density at radius 3 is 2.69 bits per heavy atom. The summed E-state index contributed by atoms with van der Waals surface area (Å²) < 4.78 is 5.45. The molecule has 1 aliphatic rings. The van der Waals surface area contributed by atoms with Crippen molar-refractivity contribution >= 4 is 34.7 Å². The Bertz CT molecular complexity index is 1110. The van der Waals surface area contributed by atoms with Crippen LogP contribution < -0.4 is 15.0 Å². The van der Waals surface area contributed by atoms with Crippen LogP contribution in [0.5, 0.6) is 5.75 Å². The van der Waals surface area contributed by atoms with Gasteiger partial charge in [0.25, 0.3) is 0 Å². The molecular formula is C27H34ClN5O2. The molecule has 0 aliphatic carbocycles. The number of methoxy groups -OCH3 is 1. The third-order valence-electron chi connectivity index (χ3n) is 5.37. The van der Waals surface area contributed by atoms with Crippen molar-refractivity contribution < 1.29 is 9.53 Å². The minimum atomic E-state index is -0.629. The highest BCUT2D eigenvalue weighted by molar-refractivity contribution is 6.29. The molecule has 0 bridgehead atoms. The first kappa shape index (κ1) is 27.9. The molecule has 0 aromatic heterocycles. The number of amidine groups is 1. The summed E-state index contributed by atoms with van der Waals surface area (Å²) in [7, 11) is 5.56. The molecule has 0 unspecified atom stereocenters. The van der Waals surface area contributed by atoms with E-state index in [1.807, 2.05) is 26.2 Å². The van der Waals surface area contributed by atoms with Crippen LogP contribution in [-0.2, 0) is 4.79 Å². The molecule has 0 saturated carbocycles. The van der Waals surface area contributed by atoms with E-state index in [2.05, 4.69) is 22.7 Å². The number of benzene rings is 1. The number of aliphatic imine (C=N–C) groups is 1. The van der Waals surface area contributed by atoms with E-state index >= 15 is 0 Å². The third-order valence-corrected chi connectivity index (χ3v) is 5.49.